The van der Waals surface area contributed by atoms with Gasteiger partial charge in [0.05, 0.1) is 17.2 Å². The number of esters is 3. The fourth-order valence-corrected chi connectivity index (χ4v) is 4.07. The van der Waals surface area contributed by atoms with Crippen molar-refractivity contribution >= 4 is 17.9 Å². The molecule has 0 aliphatic heterocycles. The number of unbranched alkanes of at least 4 members (excludes halogenated alkanes) is 3. The first-order chi connectivity index (χ1) is 19.8. The summed E-state index contributed by atoms with van der Waals surface area (Å²) in [6.07, 6.45) is 5.50. The topological polar surface area (TPSA) is 88.1 Å². The van der Waals surface area contributed by atoms with Gasteiger partial charge < -0.3 is 18.9 Å². The van der Waals surface area contributed by atoms with Crippen LogP contribution in [0.15, 0.2) is 72.8 Å². The van der Waals surface area contributed by atoms with Gasteiger partial charge in [-0.1, -0.05) is 57.4 Å². The number of rotatable bonds is 15. The lowest BCUT2D eigenvalue weighted by molar-refractivity contribution is -0.146. The smallest absolute Gasteiger partial charge is 0.343 e. The third kappa shape index (κ3) is 10.2. The van der Waals surface area contributed by atoms with Crippen LogP contribution in [0.1, 0.15) is 86.9 Å². The molecule has 3 rings (SSSR count). The highest BCUT2D eigenvalue weighted by atomic mass is 16.6. The molecule has 2 atom stereocenters. The average molecular weight is 561 g/mol. The van der Waals surface area contributed by atoms with Crippen molar-refractivity contribution in [1.82, 2.24) is 0 Å². The Labute approximate surface area is 242 Å². The molecule has 0 saturated heterocycles. The molecule has 0 aliphatic rings. The molecule has 218 valence electrons. The van der Waals surface area contributed by atoms with E-state index in [4.69, 9.17) is 18.9 Å². The van der Waals surface area contributed by atoms with Crippen LogP contribution in [0.25, 0.3) is 11.1 Å². The van der Waals surface area contributed by atoms with Crippen molar-refractivity contribution < 1.29 is 33.3 Å². The van der Waals surface area contributed by atoms with E-state index in [9.17, 15) is 14.4 Å². The lowest BCUT2D eigenvalue weighted by atomic mass is 10.0. The second-order valence-electron chi connectivity index (χ2n) is 10.0. The first kappa shape index (κ1) is 31.6. The van der Waals surface area contributed by atoms with E-state index in [1.54, 1.807) is 31.2 Å². The molecule has 0 amide bonds. The van der Waals surface area contributed by atoms with Gasteiger partial charge in [0.15, 0.2) is 6.10 Å². The van der Waals surface area contributed by atoms with Gasteiger partial charge in [-0.15, -0.1) is 0 Å². The fraction of sp³-hybridized carbons (Fsp3) is 0.382. The number of ether oxygens (including phenoxy) is 4. The van der Waals surface area contributed by atoms with Crippen molar-refractivity contribution in [2.75, 3.05) is 6.61 Å². The molecule has 0 aliphatic carbocycles. The third-order valence-electron chi connectivity index (χ3n) is 6.50. The summed E-state index contributed by atoms with van der Waals surface area (Å²) in [6, 6.07) is 20.5. The van der Waals surface area contributed by atoms with Crippen molar-refractivity contribution in [2.45, 2.75) is 78.4 Å². The van der Waals surface area contributed by atoms with Crippen LogP contribution in [0, 0.1) is 0 Å². The normalized spacial score (nSPS) is 12.3. The molecule has 3 aromatic carbocycles. The highest BCUT2D eigenvalue weighted by molar-refractivity contribution is 5.91. The summed E-state index contributed by atoms with van der Waals surface area (Å²) in [4.78, 5) is 37.2. The average Bonchev–Trinajstić information content (AvgIpc) is 2.98. The van der Waals surface area contributed by atoms with E-state index in [0.29, 0.717) is 29.2 Å². The fourth-order valence-electron chi connectivity index (χ4n) is 4.07. The van der Waals surface area contributed by atoms with Gasteiger partial charge in [-0.05, 0) is 92.8 Å². The van der Waals surface area contributed by atoms with E-state index in [1.807, 2.05) is 38.1 Å². The molecule has 7 heteroatoms. The Morgan fingerprint density at radius 2 is 1.17 bits per heavy atom. The van der Waals surface area contributed by atoms with Gasteiger partial charge in [-0.2, -0.15) is 0 Å². The monoisotopic (exact) mass is 560 g/mol. The summed E-state index contributed by atoms with van der Waals surface area (Å²) >= 11 is 0. The first-order valence-corrected chi connectivity index (χ1v) is 14.4. The van der Waals surface area contributed by atoms with Crippen LogP contribution in [0.5, 0.6) is 11.5 Å². The van der Waals surface area contributed by atoms with E-state index in [0.717, 1.165) is 36.8 Å². The number of hydrogen-bond donors (Lipinski definition) is 0. The SMILES string of the molecule is CCCCCC[C@H](C)OC(=O)c1ccc(-c2ccc(OC(=O)c3ccc(OC(=O)C(C)OCCC)cc3)cc2)cc1. The minimum absolute atomic E-state index is 0.107. The molecular formula is C34H40O7. The molecule has 0 fully saturated rings. The van der Waals surface area contributed by atoms with Gasteiger partial charge in [-0.25, -0.2) is 14.4 Å². The summed E-state index contributed by atoms with van der Waals surface area (Å²) < 4.78 is 21.7. The quantitative estimate of drug-likeness (QED) is 0.106. The molecule has 0 radical (unpaired) electrons. The summed E-state index contributed by atoms with van der Waals surface area (Å²) in [6.45, 7) is 8.18. The van der Waals surface area contributed by atoms with Crippen molar-refractivity contribution in [3.63, 3.8) is 0 Å². The van der Waals surface area contributed by atoms with Crippen LogP contribution in [-0.4, -0.2) is 36.7 Å². The zero-order valence-electron chi connectivity index (χ0n) is 24.4. The van der Waals surface area contributed by atoms with E-state index >= 15 is 0 Å². The Morgan fingerprint density at radius 3 is 1.78 bits per heavy atom. The molecule has 0 heterocycles. The van der Waals surface area contributed by atoms with Gasteiger partial charge >= 0.3 is 17.9 Å². The Hall–Kier alpha value is -3.97. The standard InChI is InChI=1S/C34H40O7/c1-5-7-8-9-10-24(3)39-33(36)28-13-11-26(12-14-28)27-15-19-31(20-16-27)41-34(37)29-17-21-30(22-18-29)40-32(35)25(4)38-23-6-2/h11-22,24-25H,5-10,23H2,1-4H3/t24-,25?/m0/s1. The Morgan fingerprint density at radius 1 is 0.634 bits per heavy atom. The van der Waals surface area contributed by atoms with Gasteiger partial charge in [0, 0.05) is 6.61 Å². The van der Waals surface area contributed by atoms with E-state index in [-0.39, 0.29) is 12.1 Å². The van der Waals surface area contributed by atoms with Crippen LogP contribution in [0.2, 0.25) is 0 Å². The second kappa shape index (κ2) is 16.3. The lowest BCUT2D eigenvalue weighted by Gasteiger charge is -2.13. The molecule has 0 N–H and O–H groups in total. The maximum absolute atomic E-state index is 12.6. The Kier molecular flexibility index (Phi) is 12.6. The van der Waals surface area contributed by atoms with Gasteiger partial charge in [-0.3, -0.25) is 0 Å². The summed E-state index contributed by atoms with van der Waals surface area (Å²) in [5.41, 5.74) is 2.67. The summed E-state index contributed by atoms with van der Waals surface area (Å²) in [5.74, 6) is -0.629. The van der Waals surface area contributed by atoms with Crippen molar-refractivity contribution in [3.05, 3.63) is 83.9 Å². The van der Waals surface area contributed by atoms with Gasteiger partial charge in [0.2, 0.25) is 0 Å². The van der Waals surface area contributed by atoms with E-state index in [1.165, 1.54) is 37.1 Å². The predicted octanol–water partition coefficient (Wildman–Crippen LogP) is 7.81. The van der Waals surface area contributed by atoms with Gasteiger partial charge in [0.1, 0.15) is 11.5 Å². The lowest BCUT2D eigenvalue weighted by Crippen LogP contribution is -2.26. The van der Waals surface area contributed by atoms with Gasteiger partial charge in [0.25, 0.3) is 0 Å². The highest BCUT2D eigenvalue weighted by Gasteiger charge is 2.17. The number of hydrogen-bond acceptors (Lipinski definition) is 7. The van der Waals surface area contributed by atoms with E-state index in [2.05, 4.69) is 6.92 Å². The molecule has 0 bridgehead atoms. The van der Waals surface area contributed by atoms with Crippen LogP contribution < -0.4 is 9.47 Å². The minimum Gasteiger partial charge on any atom is -0.459 e. The summed E-state index contributed by atoms with van der Waals surface area (Å²) in [7, 11) is 0. The third-order valence-corrected chi connectivity index (χ3v) is 6.50. The molecule has 1 unspecified atom stereocenters. The number of carbonyl (C=O) groups is 3. The molecule has 0 spiro atoms. The maximum Gasteiger partial charge on any atom is 0.343 e. The van der Waals surface area contributed by atoms with E-state index < -0.39 is 18.0 Å². The maximum atomic E-state index is 12.6. The second-order valence-corrected chi connectivity index (χ2v) is 10.0. The summed E-state index contributed by atoms with van der Waals surface area (Å²) in [5, 5.41) is 0. The van der Waals surface area contributed by atoms with Crippen LogP contribution >= 0.6 is 0 Å². The number of benzene rings is 3. The zero-order valence-corrected chi connectivity index (χ0v) is 24.4. The molecule has 7 nitrogen and oxygen atoms in total. The highest BCUT2D eigenvalue weighted by Crippen LogP contribution is 2.24. The molecule has 0 aromatic heterocycles. The first-order valence-electron chi connectivity index (χ1n) is 14.4. The van der Waals surface area contributed by atoms with Crippen molar-refractivity contribution in [1.29, 1.82) is 0 Å². The predicted molar refractivity (Wildman–Crippen MR) is 158 cm³/mol. The Bertz CT molecular complexity index is 1250. The zero-order chi connectivity index (χ0) is 29.6. The van der Waals surface area contributed by atoms with Crippen LogP contribution in [0.3, 0.4) is 0 Å². The van der Waals surface area contributed by atoms with Crippen molar-refractivity contribution in [3.8, 4) is 22.6 Å². The molecular weight excluding hydrogens is 520 g/mol. The largest absolute Gasteiger partial charge is 0.459 e. The minimum atomic E-state index is -0.671. The molecule has 41 heavy (non-hydrogen) atoms. The molecule has 0 saturated carbocycles. The van der Waals surface area contributed by atoms with Crippen molar-refractivity contribution in [2.24, 2.45) is 0 Å². The Balaban J connectivity index is 1.51. The van der Waals surface area contributed by atoms with Crippen LogP contribution in [-0.2, 0) is 14.3 Å². The van der Waals surface area contributed by atoms with Crippen LogP contribution in [0.4, 0.5) is 0 Å². The molecule has 3 aromatic rings. The number of carbonyl (C=O) groups excluding carboxylic acids is 3.